The van der Waals surface area contributed by atoms with Gasteiger partial charge in [-0.05, 0) is 37.8 Å². The molecule has 0 bridgehead atoms. The summed E-state index contributed by atoms with van der Waals surface area (Å²) < 4.78 is 3.24. The van der Waals surface area contributed by atoms with Crippen molar-refractivity contribution in [3.63, 3.8) is 0 Å². The van der Waals surface area contributed by atoms with E-state index in [4.69, 9.17) is 5.11 Å². The summed E-state index contributed by atoms with van der Waals surface area (Å²) in [5.41, 5.74) is 1.55. The highest BCUT2D eigenvalue weighted by molar-refractivity contribution is 5.78. The fourth-order valence-electron chi connectivity index (χ4n) is 3.85. The van der Waals surface area contributed by atoms with Gasteiger partial charge in [0.2, 0.25) is 5.91 Å². The molecule has 1 aromatic heterocycles. The predicted octanol–water partition coefficient (Wildman–Crippen LogP) is 1.98. The quantitative estimate of drug-likeness (QED) is 0.855. The normalized spacial score (nSPS) is 17.6. The monoisotopic (exact) mass is 359 g/mol. The first kappa shape index (κ1) is 18.2. The van der Waals surface area contributed by atoms with Crippen LogP contribution in [-0.4, -0.2) is 43.6 Å². The molecule has 0 saturated carbocycles. The number of aryl methyl sites for hydroxylation is 2. The summed E-state index contributed by atoms with van der Waals surface area (Å²) >= 11 is 0. The molecule has 2 aromatic rings. The third-order valence-electron chi connectivity index (χ3n) is 5.24. The summed E-state index contributed by atoms with van der Waals surface area (Å²) in [6.45, 7) is 1.01. The maximum absolute atomic E-state index is 12.7. The molecule has 0 aliphatic carbocycles. The number of aromatic nitrogens is 2. The average molecular weight is 359 g/mol. The first-order valence-corrected chi connectivity index (χ1v) is 9.14. The number of rotatable bonds is 6. The van der Waals surface area contributed by atoms with E-state index in [0.29, 0.717) is 19.5 Å². The fourth-order valence-corrected chi connectivity index (χ4v) is 3.85. The van der Waals surface area contributed by atoms with E-state index in [9.17, 15) is 14.4 Å². The smallest absolute Gasteiger partial charge is 0.328 e. The molecule has 7 heteroatoms. The van der Waals surface area contributed by atoms with Crippen LogP contribution in [0.5, 0.6) is 0 Å². The molecule has 1 saturated heterocycles. The fraction of sp³-hybridized carbons (Fsp3) is 0.526. The van der Waals surface area contributed by atoms with Crippen LogP contribution >= 0.6 is 0 Å². The van der Waals surface area contributed by atoms with Crippen molar-refractivity contribution in [2.45, 2.75) is 51.1 Å². The molecule has 1 aliphatic heterocycles. The maximum atomic E-state index is 12.7. The molecule has 0 radical (unpaired) electrons. The zero-order valence-corrected chi connectivity index (χ0v) is 15.1. The maximum Gasteiger partial charge on any atom is 0.328 e. The van der Waals surface area contributed by atoms with Gasteiger partial charge >= 0.3 is 11.7 Å². The van der Waals surface area contributed by atoms with E-state index in [1.54, 1.807) is 16.2 Å². The molecule has 3 rings (SSSR count). The molecular formula is C19H25N3O4. The van der Waals surface area contributed by atoms with Gasteiger partial charge in [0.15, 0.2) is 0 Å². The predicted molar refractivity (Wildman–Crippen MR) is 98.0 cm³/mol. The minimum atomic E-state index is -0.828. The molecule has 140 valence electrons. The van der Waals surface area contributed by atoms with Crippen LogP contribution in [0.2, 0.25) is 0 Å². The number of likely N-dealkylation sites (tertiary alicyclic amines) is 1. The van der Waals surface area contributed by atoms with Gasteiger partial charge in [-0.1, -0.05) is 12.1 Å². The van der Waals surface area contributed by atoms with E-state index in [0.717, 1.165) is 30.3 Å². The Labute approximate surface area is 151 Å². The zero-order chi connectivity index (χ0) is 18.7. The number of hydrogen-bond donors (Lipinski definition) is 1. The molecule has 7 nitrogen and oxygen atoms in total. The number of para-hydroxylation sites is 2. The highest BCUT2D eigenvalue weighted by Crippen LogP contribution is 2.22. The van der Waals surface area contributed by atoms with E-state index in [1.807, 2.05) is 29.2 Å². The molecule has 1 aliphatic rings. The largest absolute Gasteiger partial charge is 0.481 e. The van der Waals surface area contributed by atoms with Gasteiger partial charge < -0.3 is 10.0 Å². The molecule has 26 heavy (non-hydrogen) atoms. The number of imidazole rings is 1. The number of fused-ring (bicyclic) bond motifs is 1. The van der Waals surface area contributed by atoms with Crippen LogP contribution in [0.4, 0.5) is 0 Å². The van der Waals surface area contributed by atoms with Crippen molar-refractivity contribution in [3.8, 4) is 0 Å². The molecule has 0 spiro atoms. The van der Waals surface area contributed by atoms with Crippen LogP contribution in [0, 0.1) is 0 Å². The highest BCUT2D eigenvalue weighted by atomic mass is 16.4. The third kappa shape index (κ3) is 3.66. The highest BCUT2D eigenvalue weighted by Gasteiger charge is 2.27. The average Bonchev–Trinajstić information content (AvgIpc) is 2.89. The van der Waals surface area contributed by atoms with Gasteiger partial charge in [0.25, 0.3) is 0 Å². The number of aliphatic carboxylic acids is 1. The minimum absolute atomic E-state index is 0.0000713. The summed E-state index contributed by atoms with van der Waals surface area (Å²) in [6, 6.07) is 7.54. The number of hydrogen-bond acceptors (Lipinski definition) is 3. The number of amides is 1. The summed E-state index contributed by atoms with van der Waals surface area (Å²) in [6.07, 6.45) is 3.65. The van der Waals surface area contributed by atoms with Gasteiger partial charge in [0.05, 0.1) is 11.0 Å². The molecule has 1 fully saturated rings. The summed E-state index contributed by atoms with van der Waals surface area (Å²) in [5.74, 6) is -0.829. The van der Waals surface area contributed by atoms with Crippen LogP contribution < -0.4 is 5.69 Å². The van der Waals surface area contributed by atoms with Gasteiger partial charge in [0.1, 0.15) is 0 Å². The van der Waals surface area contributed by atoms with Crippen molar-refractivity contribution in [1.29, 1.82) is 0 Å². The standard InChI is InChI=1S/C19H25N3O4/c1-20-15-7-2-3-8-16(15)22(19(20)26)13-11-17(23)21-12-5-4-6-14(21)9-10-18(24)25/h2-3,7-8,14H,4-6,9-13H2,1H3,(H,24,25). The Bertz CT molecular complexity index is 867. The third-order valence-corrected chi connectivity index (χ3v) is 5.24. The van der Waals surface area contributed by atoms with E-state index < -0.39 is 5.97 Å². The lowest BCUT2D eigenvalue weighted by atomic mass is 9.97. The molecule has 1 N–H and O–H groups in total. The Balaban J connectivity index is 1.71. The Kier molecular flexibility index (Phi) is 5.44. The van der Waals surface area contributed by atoms with E-state index in [2.05, 4.69) is 0 Å². The van der Waals surface area contributed by atoms with Crippen LogP contribution in [0.15, 0.2) is 29.1 Å². The molecule has 1 aromatic carbocycles. The Morgan fingerprint density at radius 3 is 2.62 bits per heavy atom. The minimum Gasteiger partial charge on any atom is -0.481 e. The topological polar surface area (TPSA) is 84.5 Å². The van der Waals surface area contributed by atoms with Crippen molar-refractivity contribution in [1.82, 2.24) is 14.0 Å². The zero-order valence-electron chi connectivity index (χ0n) is 15.1. The molecule has 1 unspecified atom stereocenters. The van der Waals surface area contributed by atoms with Gasteiger partial charge in [-0.3, -0.25) is 18.7 Å². The number of piperidine rings is 1. The number of carboxylic acid groups (broad SMARTS) is 1. The Morgan fingerprint density at radius 2 is 1.88 bits per heavy atom. The Morgan fingerprint density at radius 1 is 1.15 bits per heavy atom. The number of carbonyl (C=O) groups excluding carboxylic acids is 1. The van der Waals surface area contributed by atoms with Gasteiger partial charge in [-0.2, -0.15) is 0 Å². The van der Waals surface area contributed by atoms with Crippen LogP contribution in [0.25, 0.3) is 11.0 Å². The first-order valence-electron chi connectivity index (χ1n) is 9.14. The van der Waals surface area contributed by atoms with Crippen LogP contribution in [0.3, 0.4) is 0 Å². The second-order valence-electron chi connectivity index (χ2n) is 6.90. The number of benzene rings is 1. The second-order valence-corrected chi connectivity index (χ2v) is 6.90. The molecule has 1 atom stereocenters. The van der Waals surface area contributed by atoms with E-state index in [-0.39, 0.29) is 30.5 Å². The molecule has 2 heterocycles. The SMILES string of the molecule is Cn1c(=O)n(CCC(=O)N2CCCCC2CCC(=O)O)c2ccccc21. The van der Waals surface area contributed by atoms with Crippen molar-refractivity contribution in [2.75, 3.05) is 6.54 Å². The van der Waals surface area contributed by atoms with Crippen molar-refractivity contribution >= 4 is 22.9 Å². The molecular weight excluding hydrogens is 334 g/mol. The lowest BCUT2D eigenvalue weighted by Gasteiger charge is -2.35. The first-order chi connectivity index (χ1) is 12.5. The number of nitrogens with zero attached hydrogens (tertiary/aromatic N) is 3. The summed E-state index contributed by atoms with van der Waals surface area (Å²) in [4.78, 5) is 37.9. The Hall–Kier alpha value is -2.57. The lowest BCUT2D eigenvalue weighted by Crippen LogP contribution is -2.44. The summed E-state index contributed by atoms with van der Waals surface area (Å²) in [5, 5.41) is 8.91. The van der Waals surface area contributed by atoms with Crippen LogP contribution in [-0.2, 0) is 23.2 Å². The van der Waals surface area contributed by atoms with Crippen molar-refractivity contribution in [3.05, 3.63) is 34.7 Å². The molecule has 1 amide bonds. The van der Waals surface area contributed by atoms with E-state index in [1.165, 1.54) is 0 Å². The summed E-state index contributed by atoms with van der Waals surface area (Å²) in [7, 11) is 1.73. The van der Waals surface area contributed by atoms with Gasteiger partial charge in [-0.25, -0.2) is 4.79 Å². The second kappa shape index (κ2) is 7.76. The lowest BCUT2D eigenvalue weighted by molar-refractivity contribution is -0.140. The van der Waals surface area contributed by atoms with Crippen molar-refractivity contribution < 1.29 is 14.7 Å². The van der Waals surface area contributed by atoms with E-state index >= 15 is 0 Å². The van der Waals surface area contributed by atoms with Crippen LogP contribution in [0.1, 0.15) is 38.5 Å². The van der Waals surface area contributed by atoms with Gasteiger partial charge in [0, 0.05) is 39.0 Å². The number of carbonyl (C=O) groups is 2. The van der Waals surface area contributed by atoms with Crippen molar-refractivity contribution in [2.24, 2.45) is 7.05 Å². The number of carboxylic acids is 1. The van der Waals surface area contributed by atoms with Gasteiger partial charge in [-0.15, -0.1) is 0 Å².